The predicted molar refractivity (Wildman–Crippen MR) is 152 cm³/mol. The first-order valence-electron chi connectivity index (χ1n) is 13.7. The van der Waals surface area contributed by atoms with Crippen LogP contribution < -0.4 is 5.32 Å². The first kappa shape index (κ1) is 36.4. The van der Waals surface area contributed by atoms with Crippen LogP contribution in [0.3, 0.4) is 0 Å². The quantitative estimate of drug-likeness (QED) is 0.155. The van der Waals surface area contributed by atoms with Gasteiger partial charge in [0, 0.05) is 7.05 Å². The highest BCUT2D eigenvalue weighted by Crippen LogP contribution is 2.16. The SMILES string of the molecule is CCCCC[C@@H](OC(=O)[C@H](C)N(C)C(=O)[C@@H](CCCCC)OC(=O)[C@H](C)NC)C(=O)OCc1ccccc1.Cl. The Morgan fingerprint density at radius 2 is 1.36 bits per heavy atom. The highest BCUT2D eigenvalue weighted by Gasteiger charge is 2.34. The number of carbonyl (C=O) groups is 4. The van der Waals surface area contributed by atoms with Crippen molar-refractivity contribution in [3.63, 3.8) is 0 Å². The van der Waals surface area contributed by atoms with Crippen molar-refractivity contribution < 1.29 is 33.4 Å². The van der Waals surface area contributed by atoms with E-state index in [2.05, 4.69) is 5.32 Å². The Kier molecular flexibility index (Phi) is 18.9. The van der Waals surface area contributed by atoms with Crippen molar-refractivity contribution in [2.45, 2.75) is 110 Å². The molecule has 1 rings (SSSR count). The number of benzene rings is 1. The molecule has 10 heteroatoms. The third-order valence-electron chi connectivity index (χ3n) is 6.48. The van der Waals surface area contributed by atoms with Crippen LogP contribution in [0.2, 0.25) is 0 Å². The van der Waals surface area contributed by atoms with E-state index in [9.17, 15) is 19.2 Å². The van der Waals surface area contributed by atoms with Crippen molar-refractivity contribution in [2.24, 2.45) is 0 Å². The van der Waals surface area contributed by atoms with Crippen LogP contribution in [0.5, 0.6) is 0 Å². The maximum absolute atomic E-state index is 13.2. The van der Waals surface area contributed by atoms with E-state index in [-0.39, 0.29) is 19.0 Å². The second kappa shape index (κ2) is 20.3. The number of amides is 1. The van der Waals surface area contributed by atoms with Crippen LogP contribution in [0.25, 0.3) is 0 Å². The summed E-state index contributed by atoms with van der Waals surface area (Å²) in [4.78, 5) is 52.7. The Balaban J connectivity index is 0.0000144. The fraction of sp³-hybridized carbons (Fsp3) is 0.655. The monoisotopic (exact) mass is 570 g/mol. The van der Waals surface area contributed by atoms with Gasteiger partial charge in [-0.1, -0.05) is 69.9 Å². The van der Waals surface area contributed by atoms with Crippen LogP contribution in [-0.4, -0.2) is 67.1 Å². The second-order valence-corrected chi connectivity index (χ2v) is 9.57. The maximum atomic E-state index is 13.2. The van der Waals surface area contributed by atoms with Gasteiger partial charge in [-0.3, -0.25) is 9.59 Å². The standard InChI is InChI=1S/C29H46N2O7.ClH/c1-7-9-12-18-24(37-27(33)21(3)30-5)26(32)31(6)22(4)28(34)38-25(19-13-10-8-2)29(35)36-20-23-16-14-11-15-17-23;/h11,14-17,21-22,24-25,30H,7-10,12-13,18-20H2,1-6H3;1H/t21-,22-,24+,25+;/m0./s1. The second-order valence-electron chi connectivity index (χ2n) is 9.57. The molecule has 0 aliphatic heterocycles. The van der Waals surface area contributed by atoms with Gasteiger partial charge in [0.25, 0.3) is 5.91 Å². The van der Waals surface area contributed by atoms with Crippen LogP contribution in [0.1, 0.15) is 84.6 Å². The molecule has 222 valence electrons. The highest BCUT2D eigenvalue weighted by atomic mass is 35.5. The number of likely N-dealkylation sites (N-methyl/N-ethyl adjacent to an activating group) is 2. The third-order valence-corrected chi connectivity index (χ3v) is 6.48. The zero-order chi connectivity index (χ0) is 28.5. The molecule has 0 radical (unpaired) electrons. The first-order chi connectivity index (χ1) is 18.2. The molecule has 0 saturated carbocycles. The van der Waals surface area contributed by atoms with E-state index in [1.54, 1.807) is 14.0 Å². The summed E-state index contributed by atoms with van der Waals surface area (Å²) in [7, 11) is 3.10. The molecule has 0 aliphatic rings. The smallest absolute Gasteiger partial charge is 0.347 e. The lowest BCUT2D eigenvalue weighted by molar-refractivity contribution is -0.174. The minimum absolute atomic E-state index is 0. The van der Waals surface area contributed by atoms with Gasteiger partial charge < -0.3 is 24.4 Å². The number of esters is 3. The number of ether oxygens (including phenoxy) is 3. The fourth-order valence-electron chi connectivity index (χ4n) is 3.61. The molecule has 1 aromatic carbocycles. The van der Waals surface area contributed by atoms with Gasteiger partial charge in [0.05, 0.1) is 0 Å². The van der Waals surface area contributed by atoms with E-state index < -0.39 is 48.1 Å². The Labute approximate surface area is 239 Å². The molecule has 0 bridgehead atoms. The lowest BCUT2D eigenvalue weighted by Crippen LogP contribution is -2.49. The normalized spacial score (nSPS) is 13.7. The summed E-state index contributed by atoms with van der Waals surface area (Å²) in [5, 5.41) is 2.80. The van der Waals surface area contributed by atoms with E-state index in [0.717, 1.165) is 31.2 Å². The van der Waals surface area contributed by atoms with E-state index >= 15 is 0 Å². The van der Waals surface area contributed by atoms with Crippen LogP contribution in [0.4, 0.5) is 0 Å². The molecule has 1 N–H and O–H groups in total. The lowest BCUT2D eigenvalue weighted by atomic mass is 10.1. The van der Waals surface area contributed by atoms with Crippen LogP contribution in [0.15, 0.2) is 30.3 Å². The van der Waals surface area contributed by atoms with Crippen molar-refractivity contribution in [3.8, 4) is 0 Å². The summed E-state index contributed by atoms with van der Waals surface area (Å²) >= 11 is 0. The van der Waals surface area contributed by atoms with Gasteiger partial charge in [0.2, 0.25) is 0 Å². The highest BCUT2D eigenvalue weighted by molar-refractivity contribution is 5.89. The summed E-state index contributed by atoms with van der Waals surface area (Å²) in [6.07, 6.45) is 3.64. The number of unbranched alkanes of at least 4 members (excludes halogenated alkanes) is 4. The van der Waals surface area contributed by atoms with Gasteiger partial charge >= 0.3 is 17.9 Å². The molecule has 0 unspecified atom stereocenters. The summed E-state index contributed by atoms with van der Waals surface area (Å²) in [6, 6.07) is 7.69. The molecule has 0 fully saturated rings. The zero-order valence-electron chi connectivity index (χ0n) is 24.3. The van der Waals surface area contributed by atoms with Crippen molar-refractivity contribution >= 4 is 36.2 Å². The topological polar surface area (TPSA) is 111 Å². The van der Waals surface area contributed by atoms with Crippen molar-refractivity contribution in [3.05, 3.63) is 35.9 Å². The van der Waals surface area contributed by atoms with Gasteiger partial charge in [0.15, 0.2) is 12.2 Å². The molecular weight excluding hydrogens is 524 g/mol. The van der Waals surface area contributed by atoms with Crippen LogP contribution in [0, 0.1) is 0 Å². The number of hydrogen-bond donors (Lipinski definition) is 1. The lowest BCUT2D eigenvalue weighted by Gasteiger charge is -2.29. The predicted octanol–water partition coefficient (Wildman–Crippen LogP) is 4.59. The number of carbonyl (C=O) groups excluding carboxylic acids is 4. The third kappa shape index (κ3) is 13.3. The molecule has 4 atom stereocenters. The van der Waals surface area contributed by atoms with Gasteiger partial charge in [-0.2, -0.15) is 0 Å². The maximum Gasteiger partial charge on any atom is 0.347 e. The van der Waals surface area contributed by atoms with E-state index in [1.807, 2.05) is 44.2 Å². The summed E-state index contributed by atoms with van der Waals surface area (Å²) in [6.45, 7) is 7.33. The molecule has 1 amide bonds. The summed E-state index contributed by atoms with van der Waals surface area (Å²) < 4.78 is 16.5. The number of nitrogens with one attached hydrogen (secondary N) is 1. The largest absolute Gasteiger partial charge is 0.458 e. The minimum Gasteiger partial charge on any atom is -0.458 e. The molecule has 1 aromatic rings. The van der Waals surface area contributed by atoms with E-state index in [4.69, 9.17) is 14.2 Å². The molecule has 0 aliphatic carbocycles. The van der Waals surface area contributed by atoms with Crippen molar-refractivity contribution in [1.29, 1.82) is 0 Å². The molecule has 0 aromatic heterocycles. The summed E-state index contributed by atoms with van der Waals surface area (Å²) in [5.41, 5.74) is 0.828. The number of halogens is 1. The molecule has 0 saturated heterocycles. The molecule has 0 spiro atoms. The van der Waals surface area contributed by atoms with E-state index in [1.165, 1.54) is 18.9 Å². The first-order valence-corrected chi connectivity index (χ1v) is 13.7. The van der Waals surface area contributed by atoms with Crippen LogP contribution >= 0.6 is 12.4 Å². The van der Waals surface area contributed by atoms with E-state index in [0.29, 0.717) is 25.7 Å². The Morgan fingerprint density at radius 1 is 0.821 bits per heavy atom. The minimum atomic E-state index is -1.07. The Morgan fingerprint density at radius 3 is 1.90 bits per heavy atom. The average Bonchev–Trinajstić information content (AvgIpc) is 2.93. The molecule has 0 heterocycles. The molecule has 9 nitrogen and oxygen atoms in total. The van der Waals surface area contributed by atoms with Gasteiger partial charge in [-0.05, 0) is 52.1 Å². The van der Waals surface area contributed by atoms with Crippen molar-refractivity contribution in [1.82, 2.24) is 10.2 Å². The number of nitrogens with zero attached hydrogens (tertiary/aromatic N) is 1. The van der Waals surface area contributed by atoms with Gasteiger partial charge in [-0.25, -0.2) is 9.59 Å². The van der Waals surface area contributed by atoms with Crippen molar-refractivity contribution in [2.75, 3.05) is 14.1 Å². The Hall–Kier alpha value is -2.65. The zero-order valence-corrected chi connectivity index (χ0v) is 25.1. The number of hydrogen-bond acceptors (Lipinski definition) is 8. The summed E-state index contributed by atoms with van der Waals surface area (Å²) in [5.74, 6) is -2.37. The van der Waals surface area contributed by atoms with Crippen LogP contribution in [-0.2, 0) is 40.0 Å². The van der Waals surface area contributed by atoms with Gasteiger partial charge in [0.1, 0.15) is 18.7 Å². The molecule has 39 heavy (non-hydrogen) atoms. The Bertz CT molecular complexity index is 868. The molecular formula is C29H47ClN2O7. The fourth-order valence-corrected chi connectivity index (χ4v) is 3.61. The van der Waals surface area contributed by atoms with Gasteiger partial charge in [-0.15, -0.1) is 12.4 Å². The average molecular weight is 571 g/mol. The number of rotatable bonds is 18.